The van der Waals surface area contributed by atoms with E-state index in [1.165, 1.54) is 12.8 Å². The highest BCUT2D eigenvalue weighted by atomic mass is 35.5. The number of aldehydes is 1. The third-order valence-electron chi connectivity index (χ3n) is 2.53. The van der Waals surface area contributed by atoms with E-state index < -0.39 is 0 Å². The van der Waals surface area contributed by atoms with Crippen LogP contribution in [0.2, 0.25) is 5.02 Å². The van der Waals surface area contributed by atoms with Crippen LogP contribution in [0.15, 0.2) is 4.52 Å². The number of carbonyl (C=O) groups excluding carboxylic acids is 1. The Bertz CT molecular complexity index is 315. The van der Waals surface area contributed by atoms with Crippen molar-refractivity contribution in [3.63, 3.8) is 0 Å². The monoisotopic (exact) mass is 199 g/mol. The molecule has 1 aliphatic carbocycles. The summed E-state index contributed by atoms with van der Waals surface area (Å²) in [4.78, 5) is 10.4. The lowest BCUT2D eigenvalue weighted by Gasteiger charge is -2.02. The highest BCUT2D eigenvalue weighted by Gasteiger charge is 2.25. The zero-order chi connectivity index (χ0) is 9.26. The smallest absolute Gasteiger partial charge is 0.218 e. The van der Waals surface area contributed by atoms with Gasteiger partial charge < -0.3 is 4.52 Å². The third kappa shape index (κ3) is 1.48. The van der Waals surface area contributed by atoms with Gasteiger partial charge in [0.05, 0.1) is 0 Å². The van der Waals surface area contributed by atoms with Crippen LogP contribution in [0.5, 0.6) is 0 Å². The van der Waals surface area contributed by atoms with Crippen LogP contribution in [0.3, 0.4) is 0 Å². The number of nitrogens with zero attached hydrogens (tertiary/aromatic N) is 1. The first-order valence-electron chi connectivity index (χ1n) is 4.43. The van der Waals surface area contributed by atoms with Crippen molar-refractivity contribution in [3.8, 4) is 0 Å². The fourth-order valence-electron chi connectivity index (χ4n) is 1.83. The van der Waals surface area contributed by atoms with Gasteiger partial charge in [0.25, 0.3) is 0 Å². The zero-order valence-electron chi connectivity index (χ0n) is 7.12. The van der Waals surface area contributed by atoms with Crippen molar-refractivity contribution in [1.82, 2.24) is 5.16 Å². The summed E-state index contributed by atoms with van der Waals surface area (Å²) in [5, 5.41) is 4.23. The second kappa shape index (κ2) is 3.50. The van der Waals surface area contributed by atoms with Gasteiger partial charge in [0.2, 0.25) is 5.76 Å². The molecule has 0 amide bonds. The van der Waals surface area contributed by atoms with Crippen LogP contribution in [-0.2, 0) is 0 Å². The molecule has 2 rings (SSSR count). The lowest BCUT2D eigenvalue weighted by Crippen LogP contribution is -1.92. The normalized spacial score (nSPS) is 17.9. The second-order valence-corrected chi connectivity index (χ2v) is 3.72. The summed E-state index contributed by atoms with van der Waals surface area (Å²) >= 11 is 5.92. The largest absolute Gasteiger partial charge is 0.351 e. The van der Waals surface area contributed by atoms with E-state index in [4.69, 9.17) is 16.1 Å². The average molecular weight is 200 g/mol. The first kappa shape index (κ1) is 8.75. The standard InChI is InChI=1S/C9H10ClNO2/c10-8-7(5-12)13-11-9(8)6-3-1-2-4-6/h5-6H,1-4H2. The molecule has 0 bridgehead atoms. The molecule has 1 heterocycles. The van der Waals surface area contributed by atoms with Crippen LogP contribution in [0.1, 0.15) is 47.8 Å². The molecule has 0 unspecified atom stereocenters. The van der Waals surface area contributed by atoms with Crippen molar-refractivity contribution in [3.05, 3.63) is 16.5 Å². The summed E-state index contributed by atoms with van der Waals surface area (Å²) in [6.07, 6.45) is 5.23. The third-order valence-corrected chi connectivity index (χ3v) is 2.91. The van der Waals surface area contributed by atoms with E-state index in [0.717, 1.165) is 18.5 Å². The van der Waals surface area contributed by atoms with Crippen molar-refractivity contribution in [2.75, 3.05) is 0 Å². The summed E-state index contributed by atoms with van der Waals surface area (Å²) in [6.45, 7) is 0. The lowest BCUT2D eigenvalue weighted by molar-refractivity contribution is 0.109. The van der Waals surface area contributed by atoms with Crippen molar-refractivity contribution in [2.24, 2.45) is 0 Å². The van der Waals surface area contributed by atoms with Crippen LogP contribution in [0, 0.1) is 0 Å². The minimum absolute atomic E-state index is 0.156. The van der Waals surface area contributed by atoms with E-state index in [1.807, 2.05) is 0 Å². The number of hydrogen-bond acceptors (Lipinski definition) is 3. The molecule has 0 atom stereocenters. The molecule has 1 saturated carbocycles. The molecule has 3 nitrogen and oxygen atoms in total. The van der Waals surface area contributed by atoms with Crippen LogP contribution in [0.25, 0.3) is 0 Å². The fourth-order valence-corrected chi connectivity index (χ4v) is 2.10. The molecular formula is C9H10ClNO2. The van der Waals surface area contributed by atoms with Gasteiger partial charge in [0.15, 0.2) is 6.29 Å². The highest BCUT2D eigenvalue weighted by Crippen LogP contribution is 2.37. The number of carbonyl (C=O) groups is 1. The number of halogens is 1. The van der Waals surface area contributed by atoms with Crippen molar-refractivity contribution in [2.45, 2.75) is 31.6 Å². The summed E-state index contributed by atoms with van der Waals surface area (Å²) in [6, 6.07) is 0. The van der Waals surface area contributed by atoms with E-state index in [2.05, 4.69) is 5.16 Å². The van der Waals surface area contributed by atoms with Gasteiger partial charge in [-0.05, 0) is 12.8 Å². The number of aromatic nitrogens is 1. The molecule has 0 radical (unpaired) electrons. The van der Waals surface area contributed by atoms with Crippen LogP contribution >= 0.6 is 11.6 Å². The molecule has 1 fully saturated rings. The Morgan fingerprint density at radius 3 is 2.69 bits per heavy atom. The van der Waals surface area contributed by atoms with Gasteiger partial charge in [0, 0.05) is 5.92 Å². The summed E-state index contributed by atoms with van der Waals surface area (Å²) in [5.74, 6) is 0.550. The van der Waals surface area contributed by atoms with Gasteiger partial charge in [-0.15, -0.1) is 0 Å². The molecule has 1 aromatic rings. The quantitative estimate of drug-likeness (QED) is 0.688. The number of hydrogen-bond donors (Lipinski definition) is 0. The maximum absolute atomic E-state index is 10.4. The fraction of sp³-hybridized carbons (Fsp3) is 0.556. The average Bonchev–Trinajstić information content (AvgIpc) is 2.72. The van der Waals surface area contributed by atoms with Gasteiger partial charge in [-0.1, -0.05) is 29.6 Å². The molecule has 70 valence electrons. The van der Waals surface area contributed by atoms with Crippen LogP contribution in [0.4, 0.5) is 0 Å². The summed E-state index contributed by atoms with van der Waals surface area (Å²) in [7, 11) is 0. The molecule has 1 aliphatic rings. The SMILES string of the molecule is O=Cc1onc(C2CCCC2)c1Cl. The summed E-state index contributed by atoms with van der Waals surface area (Å²) in [5.41, 5.74) is 0.765. The van der Waals surface area contributed by atoms with E-state index in [-0.39, 0.29) is 5.76 Å². The molecule has 0 saturated heterocycles. The van der Waals surface area contributed by atoms with E-state index in [0.29, 0.717) is 17.2 Å². The first-order chi connectivity index (χ1) is 6.33. The van der Waals surface area contributed by atoms with Crippen LogP contribution in [-0.4, -0.2) is 11.4 Å². The maximum atomic E-state index is 10.4. The van der Waals surface area contributed by atoms with Crippen molar-refractivity contribution < 1.29 is 9.32 Å². The number of rotatable bonds is 2. The topological polar surface area (TPSA) is 43.1 Å². The predicted molar refractivity (Wildman–Crippen MR) is 48.1 cm³/mol. The van der Waals surface area contributed by atoms with Gasteiger partial charge in [-0.25, -0.2) is 0 Å². The Morgan fingerprint density at radius 2 is 2.15 bits per heavy atom. The Hall–Kier alpha value is -0.830. The Kier molecular flexibility index (Phi) is 2.36. The molecular weight excluding hydrogens is 190 g/mol. The van der Waals surface area contributed by atoms with E-state index in [1.54, 1.807) is 0 Å². The van der Waals surface area contributed by atoms with Gasteiger partial charge >= 0.3 is 0 Å². The van der Waals surface area contributed by atoms with Gasteiger partial charge in [0.1, 0.15) is 10.7 Å². The molecule has 0 aliphatic heterocycles. The molecule has 0 spiro atoms. The first-order valence-corrected chi connectivity index (χ1v) is 4.81. The van der Waals surface area contributed by atoms with E-state index in [9.17, 15) is 4.79 Å². The molecule has 0 aromatic carbocycles. The van der Waals surface area contributed by atoms with Crippen molar-refractivity contribution in [1.29, 1.82) is 0 Å². The Labute approximate surface area is 81.0 Å². The maximum Gasteiger partial charge on any atom is 0.218 e. The summed E-state index contributed by atoms with van der Waals surface area (Å²) < 4.78 is 4.81. The lowest BCUT2D eigenvalue weighted by atomic mass is 10.0. The second-order valence-electron chi connectivity index (χ2n) is 3.35. The highest BCUT2D eigenvalue weighted by molar-refractivity contribution is 6.33. The Morgan fingerprint density at radius 1 is 1.46 bits per heavy atom. The van der Waals surface area contributed by atoms with Gasteiger partial charge in [-0.3, -0.25) is 4.79 Å². The Balaban J connectivity index is 2.29. The van der Waals surface area contributed by atoms with Gasteiger partial charge in [-0.2, -0.15) is 0 Å². The molecule has 1 aromatic heterocycles. The van der Waals surface area contributed by atoms with Crippen molar-refractivity contribution >= 4 is 17.9 Å². The van der Waals surface area contributed by atoms with E-state index >= 15 is 0 Å². The molecule has 13 heavy (non-hydrogen) atoms. The molecule has 0 N–H and O–H groups in total. The predicted octanol–water partition coefficient (Wildman–Crippen LogP) is 2.80. The minimum atomic E-state index is 0.156. The molecule has 4 heteroatoms. The zero-order valence-corrected chi connectivity index (χ0v) is 7.88. The van der Waals surface area contributed by atoms with Crippen LogP contribution < -0.4 is 0 Å². The minimum Gasteiger partial charge on any atom is -0.351 e.